The molecular weight excluding hydrogens is 252 g/mol. The predicted molar refractivity (Wildman–Crippen MR) is 80.9 cm³/mol. The number of hydrogen-bond donors (Lipinski definition) is 2. The number of likely N-dealkylation sites (tertiary alicyclic amines) is 1. The number of fused-ring (bicyclic) bond motifs is 1. The first-order valence-electron chi connectivity index (χ1n) is 8.16. The third kappa shape index (κ3) is 3.17. The van der Waals surface area contributed by atoms with Gasteiger partial charge in [-0.3, -0.25) is 9.69 Å². The molecule has 1 saturated heterocycles. The lowest BCUT2D eigenvalue weighted by molar-refractivity contribution is -0.145. The molecule has 1 saturated carbocycles. The molecule has 2 rings (SSSR count). The minimum absolute atomic E-state index is 0.328. The van der Waals surface area contributed by atoms with E-state index in [1.807, 2.05) is 0 Å². The average Bonchev–Trinajstić information content (AvgIpc) is 2.46. The molecule has 2 unspecified atom stereocenters. The first-order chi connectivity index (χ1) is 9.48. The normalized spacial score (nSPS) is 32.1. The minimum Gasteiger partial charge on any atom is -0.480 e. The second-order valence-electron chi connectivity index (χ2n) is 6.93. The van der Waals surface area contributed by atoms with Crippen molar-refractivity contribution >= 4 is 5.97 Å². The second-order valence-corrected chi connectivity index (χ2v) is 6.93. The van der Waals surface area contributed by atoms with Crippen molar-refractivity contribution < 1.29 is 9.90 Å². The van der Waals surface area contributed by atoms with Gasteiger partial charge in [0.25, 0.3) is 0 Å². The summed E-state index contributed by atoms with van der Waals surface area (Å²) in [6, 6.07) is 1.02. The molecule has 2 N–H and O–H groups in total. The lowest BCUT2D eigenvalue weighted by Gasteiger charge is -2.48. The summed E-state index contributed by atoms with van der Waals surface area (Å²) in [6.45, 7) is 5.14. The van der Waals surface area contributed by atoms with Crippen LogP contribution in [0.4, 0.5) is 0 Å². The summed E-state index contributed by atoms with van der Waals surface area (Å²) in [6.07, 6.45) is 8.71. The van der Waals surface area contributed by atoms with E-state index in [0.29, 0.717) is 18.5 Å². The fraction of sp³-hybridized carbons (Fsp3) is 0.938. The van der Waals surface area contributed by atoms with E-state index < -0.39 is 11.5 Å². The van der Waals surface area contributed by atoms with Gasteiger partial charge in [0.1, 0.15) is 5.54 Å². The number of nitrogens with zero attached hydrogens (tertiary/aromatic N) is 1. The quantitative estimate of drug-likeness (QED) is 0.813. The van der Waals surface area contributed by atoms with Gasteiger partial charge in [-0.1, -0.05) is 12.8 Å². The third-order valence-corrected chi connectivity index (χ3v) is 5.58. The van der Waals surface area contributed by atoms with Crippen LogP contribution >= 0.6 is 0 Å². The van der Waals surface area contributed by atoms with Gasteiger partial charge >= 0.3 is 5.97 Å². The lowest BCUT2D eigenvalue weighted by Crippen LogP contribution is -2.56. The van der Waals surface area contributed by atoms with Gasteiger partial charge in [-0.15, -0.1) is 0 Å². The van der Waals surface area contributed by atoms with E-state index in [2.05, 4.69) is 17.1 Å². The second kappa shape index (κ2) is 6.44. The fourth-order valence-electron chi connectivity index (χ4n) is 4.21. The van der Waals surface area contributed by atoms with E-state index in [9.17, 15) is 9.90 Å². The Labute approximate surface area is 122 Å². The first kappa shape index (κ1) is 15.8. The van der Waals surface area contributed by atoms with E-state index in [1.165, 1.54) is 38.5 Å². The molecule has 0 aromatic heterocycles. The molecule has 0 spiro atoms. The van der Waals surface area contributed by atoms with E-state index >= 15 is 0 Å². The van der Waals surface area contributed by atoms with E-state index in [0.717, 1.165) is 12.5 Å². The maximum absolute atomic E-state index is 11.5. The van der Waals surface area contributed by atoms with Crippen molar-refractivity contribution in [3.63, 3.8) is 0 Å². The number of aliphatic carboxylic acids is 1. The lowest BCUT2D eigenvalue weighted by atomic mass is 9.77. The molecule has 4 nitrogen and oxygen atoms in total. The zero-order valence-corrected chi connectivity index (χ0v) is 13.2. The van der Waals surface area contributed by atoms with Crippen LogP contribution in [0.1, 0.15) is 58.8 Å². The molecule has 1 aliphatic carbocycles. The van der Waals surface area contributed by atoms with Crippen molar-refractivity contribution in [3.05, 3.63) is 0 Å². The molecule has 2 aliphatic rings. The number of carbonyl (C=O) groups is 1. The predicted octanol–water partition coefficient (Wildman–Crippen LogP) is 2.48. The van der Waals surface area contributed by atoms with Crippen molar-refractivity contribution in [1.82, 2.24) is 10.2 Å². The summed E-state index contributed by atoms with van der Waals surface area (Å²) < 4.78 is 0. The van der Waals surface area contributed by atoms with Gasteiger partial charge in [0.2, 0.25) is 0 Å². The van der Waals surface area contributed by atoms with Crippen molar-refractivity contribution in [2.24, 2.45) is 5.92 Å². The van der Waals surface area contributed by atoms with Crippen LogP contribution < -0.4 is 5.32 Å². The highest BCUT2D eigenvalue weighted by Crippen LogP contribution is 2.37. The topological polar surface area (TPSA) is 52.6 Å². The van der Waals surface area contributed by atoms with Crippen molar-refractivity contribution in [2.45, 2.75) is 76.4 Å². The Balaban J connectivity index is 2.03. The molecule has 4 atom stereocenters. The molecule has 1 heterocycles. The molecule has 0 aromatic carbocycles. The van der Waals surface area contributed by atoms with Crippen LogP contribution in [-0.4, -0.2) is 47.2 Å². The Hall–Kier alpha value is -0.610. The van der Waals surface area contributed by atoms with Crippen LogP contribution in [0.3, 0.4) is 0 Å². The number of nitrogens with one attached hydrogen (secondary N) is 1. The summed E-state index contributed by atoms with van der Waals surface area (Å²) in [7, 11) is 1.75. The molecule has 20 heavy (non-hydrogen) atoms. The number of carboxylic acids is 1. The minimum atomic E-state index is -0.818. The highest BCUT2D eigenvalue weighted by Gasteiger charge is 2.39. The van der Waals surface area contributed by atoms with Crippen LogP contribution in [0.15, 0.2) is 0 Å². The smallest absolute Gasteiger partial charge is 0.323 e. The van der Waals surface area contributed by atoms with Crippen LogP contribution in [0.5, 0.6) is 0 Å². The van der Waals surface area contributed by atoms with Gasteiger partial charge in [0.15, 0.2) is 0 Å². The molecule has 1 aliphatic heterocycles. The third-order valence-electron chi connectivity index (χ3n) is 5.58. The summed E-state index contributed by atoms with van der Waals surface area (Å²) in [5, 5.41) is 12.4. The van der Waals surface area contributed by atoms with Crippen LogP contribution in [0.2, 0.25) is 0 Å². The SMILES string of the molecule is CNC(C)(CC(C)N1CCC[C@H]2CCCC[C@H]21)C(=O)O. The van der Waals surface area contributed by atoms with Gasteiger partial charge in [-0.2, -0.15) is 0 Å². The summed E-state index contributed by atoms with van der Waals surface area (Å²) >= 11 is 0. The monoisotopic (exact) mass is 282 g/mol. The summed E-state index contributed by atoms with van der Waals surface area (Å²) in [5.74, 6) is 0.106. The van der Waals surface area contributed by atoms with Gasteiger partial charge in [0.05, 0.1) is 0 Å². The van der Waals surface area contributed by atoms with E-state index in [1.54, 1.807) is 14.0 Å². The Morgan fingerprint density at radius 1 is 1.35 bits per heavy atom. The largest absolute Gasteiger partial charge is 0.480 e. The van der Waals surface area contributed by atoms with Crippen LogP contribution in [0, 0.1) is 5.92 Å². The molecule has 116 valence electrons. The van der Waals surface area contributed by atoms with Crippen molar-refractivity contribution in [3.8, 4) is 0 Å². The number of carboxylic acid groups (broad SMARTS) is 1. The number of rotatable bonds is 5. The molecule has 0 bridgehead atoms. The molecule has 0 radical (unpaired) electrons. The maximum atomic E-state index is 11.5. The fourth-order valence-corrected chi connectivity index (χ4v) is 4.21. The number of hydrogen-bond acceptors (Lipinski definition) is 3. The highest BCUT2D eigenvalue weighted by atomic mass is 16.4. The average molecular weight is 282 g/mol. The Bertz CT molecular complexity index is 345. The highest BCUT2D eigenvalue weighted by molar-refractivity contribution is 5.78. The van der Waals surface area contributed by atoms with Gasteiger partial charge in [0, 0.05) is 12.1 Å². The van der Waals surface area contributed by atoms with Crippen molar-refractivity contribution in [2.75, 3.05) is 13.6 Å². The molecule has 0 amide bonds. The summed E-state index contributed by atoms with van der Waals surface area (Å²) in [5.41, 5.74) is -0.818. The van der Waals surface area contributed by atoms with Crippen LogP contribution in [0.25, 0.3) is 0 Å². The Morgan fingerprint density at radius 3 is 2.65 bits per heavy atom. The number of piperidine rings is 1. The van der Waals surface area contributed by atoms with Gasteiger partial charge in [-0.25, -0.2) is 0 Å². The molecular formula is C16H30N2O2. The first-order valence-corrected chi connectivity index (χ1v) is 8.16. The zero-order chi connectivity index (χ0) is 14.8. The Morgan fingerprint density at radius 2 is 2.00 bits per heavy atom. The van der Waals surface area contributed by atoms with Crippen LogP contribution in [-0.2, 0) is 4.79 Å². The molecule has 2 fully saturated rings. The van der Waals surface area contributed by atoms with E-state index in [-0.39, 0.29) is 0 Å². The number of likely N-dealkylation sites (N-methyl/N-ethyl adjacent to an activating group) is 1. The van der Waals surface area contributed by atoms with E-state index in [4.69, 9.17) is 0 Å². The zero-order valence-electron chi connectivity index (χ0n) is 13.2. The Kier molecular flexibility index (Phi) is 5.08. The maximum Gasteiger partial charge on any atom is 0.323 e. The standard InChI is InChI=1S/C16H30N2O2/c1-12(11-16(2,17-3)15(19)20)18-10-6-8-13-7-4-5-9-14(13)18/h12-14,17H,4-11H2,1-3H3,(H,19,20)/t12?,13-,14-,16?/m1/s1. The van der Waals surface area contributed by atoms with Gasteiger partial charge < -0.3 is 10.4 Å². The summed E-state index contributed by atoms with van der Waals surface area (Å²) in [4.78, 5) is 14.1. The van der Waals surface area contributed by atoms with Crippen molar-refractivity contribution in [1.29, 1.82) is 0 Å². The molecule has 4 heteroatoms. The molecule has 0 aromatic rings. The van der Waals surface area contributed by atoms with Gasteiger partial charge in [-0.05, 0) is 65.5 Å².